The molecule has 0 aliphatic carbocycles. The predicted molar refractivity (Wildman–Crippen MR) is 61.1 cm³/mol. The molecular weight excluding hydrogens is 192 g/mol. The first-order valence-corrected chi connectivity index (χ1v) is 8.76. The maximum absolute atomic E-state index is 5.63. The third-order valence-corrected chi connectivity index (χ3v) is 2.98. The molecule has 0 atom stereocenters. The molecule has 0 aliphatic heterocycles. The van der Waals surface area contributed by atoms with E-state index < -0.39 is 8.07 Å². The van der Waals surface area contributed by atoms with Crippen molar-refractivity contribution in [1.29, 1.82) is 0 Å². The Morgan fingerprint density at radius 3 is 2.64 bits per heavy atom. The van der Waals surface area contributed by atoms with Crippen molar-refractivity contribution in [3.63, 3.8) is 0 Å². The smallest absolute Gasteiger partial charge is 0.0746 e. The van der Waals surface area contributed by atoms with E-state index in [9.17, 15) is 0 Å². The summed E-state index contributed by atoms with van der Waals surface area (Å²) in [6, 6.07) is 2.01. The topological polar surface area (TPSA) is 27.1 Å². The van der Waals surface area contributed by atoms with Crippen molar-refractivity contribution >= 4 is 8.07 Å². The van der Waals surface area contributed by atoms with Crippen LogP contribution >= 0.6 is 0 Å². The van der Waals surface area contributed by atoms with E-state index in [-0.39, 0.29) is 0 Å². The number of nitrogens with zero attached hydrogens (tertiary/aromatic N) is 2. The van der Waals surface area contributed by atoms with E-state index in [1.807, 2.05) is 16.9 Å². The number of hydrogen-bond donors (Lipinski definition) is 0. The van der Waals surface area contributed by atoms with Crippen molar-refractivity contribution in [2.75, 3.05) is 12.8 Å². The minimum Gasteiger partial charge on any atom is -0.383 e. The maximum Gasteiger partial charge on any atom is 0.0746 e. The molecule has 1 rings (SSSR count). The molecule has 0 fully saturated rings. The van der Waals surface area contributed by atoms with Gasteiger partial charge in [0.15, 0.2) is 0 Å². The Bertz CT molecular complexity index is 278. The number of hydrogen-bond acceptors (Lipinski definition) is 2. The number of rotatable bonds is 5. The van der Waals surface area contributed by atoms with Gasteiger partial charge in [-0.3, -0.25) is 4.68 Å². The summed E-state index contributed by atoms with van der Waals surface area (Å²) in [6.07, 6.45) is 2.77. The Morgan fingerprint density at radius 1 is 1.43 bits per heavy atom. The predicted octanol–water partition coefficient (Wildman–Crippen LogP) is 2.09. The van der Waals surface area contributed by atoms with Gasteiger partial charge in [0.2, 0.25) is 0 Å². The summed E-state index contributed by atoms with van der Waals surface area (Å²) in [5.41, 5.74) is 1.20. The lowest BCUT2D eigenvalue weighted by Gasteiger charge is -2.15. The molecule has 14 heavy (non-hydrogen) atoms. The van der Waals surface area contributed by atoms with Crippen LogP contribution in [0.5, 0.6) is 0 Å². The third-order valence-electron chi connectivity index (χ3n) is 1.91. The van der Waals surface area contributed by atoms with Gasteiger partial charge in [-0.25, -0.2) is 0 Å². The molecule has 0 saturated carbocycles. The molecule has 0 unspecified atom stereocenters. The molecule has 0 aromatic carbocycles. The van der Waals surface area contributed by atoms with Crippen LogP contribution in [0.4, 0.5) is 0 Å². The molecule has 80 valence electrons. The lowest BCUT2D eigenvalue weighted by molar-refractivity contribution is 0.159. The highest BCUT2D eigenvalue weighted by molar-refractivity contribution is 6.76. The third kappa shape index (κ3) is 4.06. The molecular formula is C10H20N2OSi. The first-order chi connectivity index (χ1) is 6.49. The molecule has 4 heteroatoms. The van der Waals surface area contributed by atoms with Gasteiger partial charge in [0.05, 0.1) is 21.2 Å². The van der Waals surface area contributed by atoms with Crippen LogP contribution in [0, 0.1) is 6.92 Å². The zero-order valence-electron chi connectivity index (χ0n) is 9.58. The van der Waals surface area contributed by atoms with Gasteiger partial charge in [-0.15, -0.1) is 0 Å². The Morgan fingerprint density at radius 2 is 2.14 bits per heavy atom. The highest BCUT2D eigenvalue weighted by Crippen LogP contribution is 2.01. The monoisotopic (exact) mass is 212 g/mol. The van der Waals surface area contributed by atoms with Crippen LogP contribution in [0.3, 0.4) is 0 Å². The van der Waals surface area contributed by atoms with Gasteiger partial charge >= 0.3 is 0 Å². The molecule has 0 N–H and O–H groups in total. The summed E-state index contributed by atoms with van der Waals surface area (Å²) in [5, 5.41) is 4.20. The lowest BCUT2D eigenvalue weighted by Crippen LogP contribution is -2.29. The average molecular weight is 212 g/mol. The zero-order valence-corrected chi connectivity index (χ0v) is 10.6. The van der Waals surface area contributed by atoms with E-state index in [0.29, 0.717) is 0 Å². The van der Waals surface area contributed by atoms with Crippen LogP contribution in [0.1, 0.15) is 5.69 Å². The Kier molecular flexibility index (Phi) is 3.89. The quantitative estimate of drug-likeness (QED) is 0.552. The second-order valence-corrected chi connectivity index (χ2v) is 10.2. The van der Waals surface area contributed by atoms with Gasteiger partial charge in [0.1, 0.15) is 0 Å². The second kappa shape index (κ2) is 4.75. The fourth-order valence-corrected chi connectivity index (χ4v) is 1.92. The zero-order chi connectivity index (χ0) is 10.6. The largest absolute Gasteiger partial charge is 0.383 e. The number of aromatic nitrogens is 2. The molecule has 0 spiro atoms. The maximum atomic E-state index is 5.63. The van der Waals surface area contributed by atoms with Crippen LogP contribution in [0.15, 0.2) is 12.3 Å². The lowest BCUT2D eigenvalue weighted by atomic mass is 10.5. The standard InChI is InChI=1S/C10H20N2OSi/c1-10-5-6-11-12(10)7-8-13-9-14(2,3)4/h5-6H,7-9H2,1-4H3. The molecule has 0 aliphatic rings. The SMILES string of the molecule is Cc1ccnn1CCOC[Si](C)(C)C. The van der Waals surface area contributed by atoms with E-state index >= 15 is 0 Å². The summed E-state index contributed by atoms with van der Waals surface area (Å²) >= 11 is 0. The van der Waals surface area contributed by atoms with Crippen molar-refractivity contribution < 1.29 is 4.74 Å². The van der Waals surface area contributed by atoms with Gasteiger partial charge in [-0.2, -0.15) is 5.10 Å². The molecule has 0 saturated heterocycles. The number of aryl methyl sites for hydroxylation is 1. The fourth-order valence-electron chi connectivity index (χ4n) is 1.16. The van der Waals surface area contributed by atoms with Gasteiger partial charge in [-0.1, -0.05) is 19.6 Å². The van der Waals surface area contributed by atoms with E-state index in [1.165, 1.54) is 5.69 Å². The van der Waals surface area contributed by atoms with Crippen molar-refractivity contribution in [1.82, 2.24) is 9.78 Å². The first kappa shape index (κ1) is 11.5. The molecule has 0 radical (unpaired) electrons. The van der Waals surface area contributed by atoms with E-state index in [4.69, 9.17) is 4.74 Å². The highest BCUT2D eigenvalue weighted by atomic mass is 28.3. The van der Waals surface area contributed by atoms with Crippen LogP contribution in [-0.2, 0) is 11.3 Å². The van der Waals surface area contributed by atoms with Gasteiger partial charge in [-0.05, 0) is 13.0 Å². The van der Waals surface area contributed by atoms with Crippen LogP contribution in [0.25, 0.3) is 0 Å². The molecule has 1 aromatic rings. The van der Waals surface area contributed by atoms with Gasteiger partial charge in [0, 0.05) is 18.1 Å². The second-order valence-electron chi connectivity index (χ2n) is 4.81. The molecule has 0 bridgehead atoms. The average Bonchev–Trinajstić information content (AvgIpc) is 2.44. The van der Waals surface area contributed by atoms with Gasteiger partial charge in [0.25, 0.3) is 0 Å². The van der Waals surface area contributed by atoms with Gasteiger partial charge < -0.3 is 4.74 Å². The normalized spacial score (nSPS) is 12.0. The Hall–Kier alpha value is -0.613. The summed E-state index contributed by atoms with van der Waals surface area (Å²) in [5.74, 6) is 0. The molecule has 3 nitrogen and oxygen atoms in total. The minimum absolute atomic E-state index is 0.771. The fraction of sp³-hybridized carbons (Fsp3) is 0.700. The van der Waals surface area contributed by atoms with Crippen LogP contribution < -0.4 is 0 Å². The van der Waals surface area contributed by atoms with Crippen molar-refractivity contribution in [3.8, 4) is 0 Å². The summed E-state index contributed by atoms with van der Waals surface area (Å²) < 4.78 is 7.60. The summed E-state index contributed by atoms with van der Waals surface area (Å²) in [7, 11) is -1.04. The minimum atomic E-state index is -1.04. The molecule has 1 aromatic heterocycles. The summed E-state index contributed by atoms with van der Waals surface area (Å²) in [4.78, 5) is 0. The molecule has 0 amide bonds. The van der Waals surface area contributed by atoms with Crippen molar-refractivity contribution in [3.05, 3.63) is 18.0 Å². The van der Waals surface area contributed by atoms with Crippen molar-refractivity contribution in [2.24, 2.45) is 0 Å². The molecule has 1 heterocycles. The first-order valence-electron chi connectivity index (χ1n) is 5.05. The Balaban J connectivity index is 2.20. The van der Waals surface area contributed by atoms with E-state index in [1.54, 1.807) is 0 Å². The van der Waals surface area contributed by atoms with E-state index in [2.05, 4.69) is 31.7 Å². The highest BCUT2D eigenvalue weighted by Gasteiger charge is 2.12. The Labute approximate surface area is 87.1 Å². The van der Waals surface area contributed by atoms with Crippen LogP contribution in [0.2, 0.25) is 19.6 Å². The number of ether oxygens (including phenoxy) is 1. The van der Waals surface area contributed by atoms with Crippen LogP contribution in [-0.4, -0.2) is 30.7 Å². The summed E-state index contributed by atoms with van der Waals surface area (Å²) in [6.45, 7) is 10.6. The van der Waals surface area contributed by atoms with E-state index in [0.717, 1.165) is 19.4 Å². The van der Waals surface area contributed by atoms with Crippen molar-refractivity contribution in [2.45, 2.75) is 33.1 Å².